The number of fused-ring (bicyclic) bond motifs is 10. The lowest BCUT2D eigenvalue weighted by Gasteiger charge is -2.11. The second-order valence-corrected chi connectivity index (χ2v) is 14.9. The first kappa shape index (κ1) is 31.8. The Bertz CT molecular complexity index is 3280. The third-order valence-electron chi connectivity index (χ3n) is 11.6. The molecule has 0 fully saturated rings. The molecule has 268 valence electrons. The van der Waals surface area contributed by atoms with Crippen molar-refractivity contribution in [3.63, 3.8) is 0 Å². The van der Waals surface area contributed by atoms with Crippen molar-refractivity contribution in [2.24, 2.45) is 0 Å². The normalized spacial score (nSPS) is 12.4. The summed E-state index contributed by atoms with van der Waals surface area (Å²) >= 11 is 0. The van der Waals surface area contributed by atoms with Gasteiger partial charge < -0.3 is 13.4 Å². The molecule has 4 aromatic heterocycles. The molecule has 7 aromatic carbocycles. The van der Waals surface area contributed by atoms with Crippen molar-refractivity contribution in [2.45, 2.75) is 12.8 Å². The molecule has 12 rings (SSSR count). The maximum absolute atomic E-state index is 6.64. The summed E-state index contributed by atoms with van der Waals surface area (Å²) in [7, 11) is 0. The third kappa shape index (κ3) is 5.09. The highest BCUT2D eigenvalue weighted by Crippen LogP contribution is 2.46. The van der Waals surface area contributed by atoms with Crippen LogP contribution in [-0.2, 0) is 12.8 Å². The summed E-state index contributed by atoms with van der Waals surface area (Å²) in [6.07, 6.45) is 1.71. The average molecular weight is 732 g/mol. The van der Waals surface area contributed by atoms with E-state index in [0.717, 1.165) is 85.6 Å². The third-order valence-corrected chi connectivity index (χ3v) is 11.6. The van der Waals surface area contributed by atoms with Crippen LogP contribution in [0, 0.1) is 0 Å². The van der Waals surface area contributed by atoms with Gasteiger partial charge in [0, 0.05) is 55.0 Å². The highest BCUT2D eigenvalue weighted by Gasteiger charge is 2.29. The van der Waals surface area contributed by atoms with Crippen LogP contribution in [0.3, 0.4) is 0 Å². The van der Waals surface area contributed by atoms with Gasteiger partial charge in [0.25, 0.3) is 0 Å². The predicted molar refractivity (Wildman–Crippen MR) is 231 cm³/mol. The van der Waals surface area contributed by atoms with E-state index in [-0.39, 0.29) is 0 Å². The molecule has 0 saturated carbocycles. The van der Waals surface area contributed by atoms with Crippen LogP contribution >= 0.6 is 0 Å². The van der Waals surface area contributed by atoms with Crippen LogP contribution in [0.15, 0.2) is 185 Å². The number of hydrogen-bond donors (Lipinski definition) is 0. The molecule has 1 aliphatic carbocycles. The summed E-state index contributed by atoms with van der Waals surface area (Å²) in [6.45, 7) is 0. The van der Waals surface area contributed by atoms with Gasteiger partial charge in [-0.15, -0.1) is 0 Å². The number of benzene rings is 7. The lowest BCUT2D eigenvalue weighted by atomic mass is 9.91. The molecule has 0 N–H and O–H groups in total. The first-order chi connectivity index (χ1) is 28.2. The van der Waals surface area contributed by atoms with E-state index in [1.165, 1.54) is 38.5 Å². The van der Waals surface area contributed by atoms with E-state index < -0.39 is 0 Å². The number of nitrogens with zero attached hydrogens (tertiary/aromatic N) is 3. The molecular weight excluding hydrogens is 699 g/mol. The molecule has 57 heavy (non-hydrogen) atoms. The molecule has 0 bridgehead atoms. The number of hydrogen-bond acceptors (Lipinski definition) is 4. The zero-order chi connectivity index (χ0) is 37.5. The first-order valence-corrected chi connectivity index (χ1v) is 19.4. The molecule has 1 aliphatic rings. The van der Waals surface area contributed by atoms with Gasteiger partial charge in [0.1, 0.15) is 11.2 Å². The van der Waals surface area contributed by atoms with Crippen LogP contribution < -0.4 is 0 Å². The maximum Gasteiger partial charge on any atom is 0.174 e. The number of para-hydroxylation sites is 2. The zero-order valence-electron chi connectivity index (χ0n) is 30.8. The predicted octanol–water partition coefficient (Wildman–Crippen LogP) is 13.5. The fourth-order valence-corrected chi connectivity index (χ4v) is 8.83. The van der Waals surface area contributed by atoms with E-state index in [4.69, 9.17) is 18.8 Å². The summed E-state index contributed by atoms with van der Waals surface area (Å²) in [5, 5.41) is 4.70. The molecule has 0 unspecified atom stereocenters. The van der Waals surface area contributed by atoms with Gasteiger partial charge in [-0.05, 0) is 90.7 Å². The van der Waals surface area contributed by atoms with Gasteiger partial charge >= 0.3 is 0 Å². The Morgan fingerprint density at radius 3 is 1.51 bits per heavy atom. The molecule has 4 heterocycles. The molecule has 11 aromatic rings. The summed E-state index contributed by atoms with van der Waals surface area (Å²) < 4.78 is 15.6. The second kappa shape index (κ2) is 12.5. The summed E-state index contributed by atoms with van der Waals surface area (Å²) in [5.41, 5.74) is 14.8. The minimum Gasteiger partial charge on any atom is -0.452 e. The zero-order valence-corrected chi connectivity index (χ0v) is 30.8. The van der Waals surface area contributed by atoms with Gasteiger partial charge in [-0.2, -0.15) is 0 Å². The van der Waals surface area contributed by atoms with Gasteiger partial charge in [0.2, 0.25) is 0 Å². The highest BCUT2D eigenvalue weighted by atomic mass is 16.4. The molecule has 5 nitrogen and oxygen atoms in total. The maximum atomic E-state index is 6.64. The number of rotatable bonds is 5. The van der Waals surface area contributed by atoms with Crippen molar-refractivity contribution in [1.82, 2.24) is 14.5 Å². The largest absolute Gasteiger partial charge is 0.452 e. The average Bonchev–Trinajstić information content (AvgIpc) is 3.96. The van der Waals surface area contributed by atoms with E-state index in [1.54, 1.807) is 0 Å². The molecule has 0 amide bonds. The van der Waals surface area contributed by atoms with Crippen molar-refractivity contribution in [3.05, 3.63) is 187 Å². The SMILES string of the molecule is c1ccc(-c2cc(-c3ccccc3)nc(-c3ccc4oc5c(c4c3)CCc3c-5oc4ccc(-c5ccc6c(c5)c5ccccc5n6-c5ccccc5)cc34)n2)cc1. The number of aromatic nitrogens is 3. The molecule has 0 saturated heterocycles. The van der Waals surface area contributed by atoms with Crippen LogP contribution in [0.5, 0.6) is 0 Å². The Kier molecular flexibility index (Phi) is 6.99. The highest BCUT2D eigenvalue weighted by molar-refractivity contribution is 6.10. The van der Waals surface area contributed by atoms with E-state index in [1.807, 2.05) is 36.4 Å². The molecular formula is C52H33N3O2. The van der Waals surface area contributed by atoms with E-state index >= 15 is 0 Å². The molecule has 0 spiro atoms. The quantitative estimate of drug-likeness (QED) is 0.177. The Hall–Kier alpha value is -7.50. The fraction of sp³-hybridized carbons (Fsp3) is 0.0385. The minimum absolute atomic E-state index is 0.683. The van der Waals surface area contributed by atoms with Gasteiger partial charge in [0.15, 0.2) is 17.3 Å². The van der Waals surface area contributed by atoms with Gasteiger partial charge in [0.05, 0.1) is 22.4 Å². The van der Waals surface area contributed by atoms with E-state index in [0.29, 0.717) is 5.82 Å². The Morgan fingerprint density at radius 2 is 0.877 bits per heavy atom. The molecule has 0 atom stereocenters. The van der Waals surface area contributed by atoms with Crippen molar-refractivity contribution in [2.75, 3.05) is 0 Å². The summed E-state index contributed by atoms with van der Waals surface area (Å²) in [5.74, 6) is 2.33. The second-order valence-electron chi connectivity index (χ2n) is 14.9. The van der Waals surface area contributed by atoms with Crippen LogP contribution in [-0.4, -0.2) is 14.5 Å². The van der Waals surface area contributed by atoms with E-state index in [9.17, 15) is 0 Å². The van der Waals surface area contributed by atoms with Crippen LogP contribution in [0.4, 0.5) is 0 Å². The summed E-state index contributed by atoms with van der Waals surface area (Å²) in [4.78, 5) is 10.2. The van der Waals surface area contributed by atoms with Crippen molar-refractivity contribution in [1.29, 1.82) is 0 Å². The minimum atomic E-state index is 0.683. The van der Waals surface area contributed by atoms with Gasteiger partial charge in [-0.3, -0.25) is 0 Å². The van der Waals surface area contributed by atoms with Crippen molar-refractivity contribution >= 4 is 43.7 Å². The Balaban J connectivity index is 0.942. The van der Waals surface area contributed by atoms with Crippen molar-refractivity contribution in [3.8, 4) is 62.2 Å². The topological polar surface area (TPSA) is 57.0 Å². The molecule has 5 heteroatoms. The van der Waals surface area contributed by atoms with Gasteiger partial charge in [-0.1, -0.05) is 109 Å². The smallest absolute Gasteiger partial charge is 0.174 e. The fourth-order valence-electron chi connectivity index (χ4n) is 8.83. The standard InChI is InChI=1S/C52H33N3O2/c1-4-12-32(13-5-1)44-31-45(33-14-6-2-7-15-33)54-52(53-44)36-22-27-49-43(30-36)40-24-23-39-42-29-35(21-26-48(42)56-50(39)51(40)57-49)34-20-25-47-41(28-34)38-18-10-11-19-46(38)55(47)37-16-8-3-9-17-37/h1-22,25-31H,23-24H2. The van der Waals surface area contributed by atoms with Crippen molar-refractivity contribution < 1.29 is 8.83 Å². The van der Waals surface area contributed by atoms with Crippen LogP contribution in [0.1, 0.15) is 11.1 Å². The molecule has 0 aliphatic heterocycles. The number of aryl methyl sites for hydroxylation is 2. The van der Waals surface area contributed by atoms with Crippen LogP contribution in [0.2, 0.25) is 0 Å². The summed E-state index contributed by atoms with van der Waals surface area (Å²) in [6, 6.07) is 61.7. The lowest BCUT2D eigenvalue weighted by molar-refractivity contribution is 0.556. The van der Waals surface area contributed by atoms with Crippen LogP contribution in [0.25, 0.3) is 106 Å². The molecule has 0 radical (unpaired) electrons. The Labute approximate surface area is 328 Å². The van der Waals surface area contributed by atoms with E-state index in [2.05, 4.69) is 144 Å². The monoisotopic (exact) mass is 731 g/mol. The lowest BCUT2D eigenvalue weighted by Crippen LogP contribution is -2.00. The van der Waals surface area contributed by atoms with Gasteiger partial charge in [-0.25, -0.2) is 9.97 Å². The first-order valence-electron chi connectivity index (χ1n) is 19.4. The Morgan fingerprint density at radius 1 is 0.386 bits per heavy atom. The number of furan rings is 2.